The number of ether oxygens (including phenoxy) is 2. The van der Waals surface area contributed by atoms with Crippen molar-refractivity contribution in [1.82, 2.24) is 10.3 Å². The van der Waals surface area contributed by atoms with Gasteiger partial charge >= 0.3 is 0 Å². The van der Waals surface area contributed by atoms with E-state index in [0.29, 0.717) is 5.75 Å². The number of amides is 1. The van der Waals surface area contributed by atoms with Gasteiger partial charge in [0.25, 0.3) is 0 Å². The molecule has 6 nitrogen and oxygen atoms in total. The zero-order chi connectivity index (χ0) is 16.2. The predicted molar refractivity (Wildman–Crippen MR) is 82.6 cm³/mol. The van der Waals surface area contributed by atoms with Crippen LogP contribution < -0.4 is 10.1 Å². The molecule has 0 saturated heterocycles. The number of carbonyl (C=O) groups is 1. The van der Waals surface area contributed by atoms with Crippen LogP contribution in [-0.2, 0) is 16.0 Å². The van der Waals surface area contributed by atoms with Crippen LogP contribution in [0.3, 0.4) is 0 Å². The van der Waals surface area contributed by atoms with Crippen LogP contribution in [0.2, 0.25) is 0 Å². The van der Waals surface area contributed by atoms with Crippen molar-refractivity contribution in [3.05, 3.63) is 30.0 Å². The summed E-state index contributed by atoms with van der Waals surface area (Å²) in [7, 11) is 3.09. The average Bonchev–Trinajstić information content (AvgIpc) is 2.90. The first kappa shape index (κ1) is 15.9. The molecule has 2 aromatic rings. The Morgan fingerprint density at radius 3 is 2.86 bits per heavy atom. The lowest BCUT2D eigenvalue weighted by atomic mass is 10.0. The number of hydrogen-bond acceptors (Lipinski definition) is 4. The number of aromatic amines is 1. The number of hydrogen-bond donors (Lipinski definition) is 2. The first-order valence-corrected chi connectivity index (χ1v) is 6.87. The Morgan fingerprint density at radius 2 is 2.23 bits per heavy atom. The van der Waals surface area contributed by atoms with E-state index in [4.69, 9.17) is 9.47 Å². The minimum atomic E-state index is -1.04. The van der Waals surface area contributed by atoms with E-state index >= 15 is 0 Å². The van der Waals surface area contributed by atoms with Crippen molar-refractivity contribution in [3.63, 3.8) is 0 Å². The first-order chi connectivity index (χ1) is 10.5. The highest BCUT2D eigenvalue weighted by molar-refractivity contribution is 5.93. The van der Waals surface area contributed by atoms with Gasteiger partial charge in [0.15, 0.2) is 0 Å². The largest absolute Gasteiger partial charge is 0.496 e. The highest BCUT2D eigenvalue weighted by Crippen LogP contribution is 2.28. The molecule has 1 heterocycles. The van der Waals surface area contributed by atoms with Gasteiger partial charge in [-0.1, -0.05) is 6.07 Å². The molecule has 22 heavy (non-hydrogen) atoms. The number of benzene rings is 1. The van der Waals surface area contributed by atoms with Gasteiger partial charge in [-0.15, -0.1) is 0 Å². The number of rotatable bonds is 6. The van der Waals surface area contributed by atoms with Gasteiger partial charge in [-0.3, -0.25) is 4.79 Å². The second kappa shape index (κ2) is 6.50. The SMILES string of the molecule is COC[C@@](C)(C#N)NC(=O)Cc1c[nH]c2cccc(OC)c12. The van der Waals surface area contributed by atoms with E-state index in [0.717, 1.165) is 16.5 Å². The molecule has 0 aliphatic carbocycles. The molecular formula is C16H19N3O3. The molecule has 1 amide bonds. The second-order valence-electron chi connectivity index (χ2n) is 5.30. The van der Waals surface area contributed by atoms with E-state index in [1.54, 1.807) is 20.2 Å². The van der Waals surface area contributed by atoms with Crippen LogP contribution in [0.15, 0.2) is 24.4 Å². The molecule has 0 aliphatic rings. The smallest absolute Gasteiger partial charge is 0.225 e. The lowest BCUT2D eigenvalue weighted by Crippen LogP contribution is -2.48. The minimum Gasteiger partial charge on any atom is -0.496 e. The van der Waals surface area contributed by atoms with Crippen LogP contribution in [0, 0.1) is 11.3 Å². The Balaban J connectivity index is 2.21. The summed E-state index contributed by atoms with van der Waals surface area (Å²) in [4.78, 5) is 15.4. The van der Waals surface area contributed by atoms with Crippen molar-refractivity contribution in [2.45, 2.75) is 18.9 Å². The molecule has 1 atom stereocenters. The summed E-state index contributed by atoms with van der Waals surface area (Å²) in [6.07, 6.45) is 1.94. The number of methoxy groups -OCH3 is 2. The van der Waals surface area contributed by atoms with E-state index < -0.39 is 5.54 Å². The van der Waals surface area contributed by atoms with E-state index in [9.17, 15) is 10.1 Å². The monoisotopic (exact) mass is 301 g/mol. The van der Waals surface area contributed by atoms with Crippen molar-refractivity contribution in [2.24, 2.45) is 0 Å². The third kappa shape index (κ3) is 3.21. The predicted octanol–water partition coefficient (Wildman–Crippen LogP) is 1.76. The van der Waals surface area contributed by atoms with Crippen LogP contribution in [0.1, 0.15) is 12.5 Å². The van der Waals surface area contributed by atoms with Gasteiger partial charge < -0.3 is 19.8 Å². The van der Waals surface area contributed by atoms with Gasteiger partial charge in [0, 0.05) is 24.2 Å². The second-order valence-corrected chi connectivity index (χ2v) is 5.30. The summed E-state index contributed by atoms with van der Waals surface area (Å²) < 4.78 is 10.3. The number of aromatic nitrogens is 1. The highest BCUT2D eigenvalue weighted by atomic mass is 16.5. The zero-order valence-electron chi connectivity index (χ0n) is 12.9. The summed E-state index contributed by atoms with van der Waals surface area (Å²) in [6.45, 7) is 1.76. The number of H-pyrrole nitrogens is 1. The van der Waals surface area contributed by atoms with Gasteiger partial charge in [0.1, 0.15) is 11.3 Å². The highest BCUT2D eigenvalue weighted by Gasteiger charge is 2.26. The van der Waals surface area contributed by atoms with E-state index in [1.807, 2.05) is 18.2 Å². The minimum absolute atomic E-state index is 0.131. The Hall–Kier alpha value is -2.52. The Kier molecular flexibility index (Phi) is 4.68. The average molecular weight is 301 g/mol. The van der Waals surface area contributed by atoms with E-state index in [2.05, 4.69) is 16.4 Å². The third-order valence-electron chi connectivity index (χ3n) is 3.42. The van der Waals surface area contributed by atoms with Crippen molar-refractivity contribution in [2.75, 3.05) is 20.8 Å². The fourth-order valence-electron chi connectivity index (χ4n) is 2.44. The van der Waals surface area contributed by atoms with Gasteiger partial charge in [-0.25, -0.2) is 0 Å². The maximum absolute atomic E-state index is 12.2. The van der Waals surface area contributed by atoms with Crippen molar-refractivity contribution >= 4 is 16.8 Å². The van der Waals surface area contributed by atoms with Gasteiger partial charge in [0.05, 0.1) is 26.2 Å². The third-order valence-corrected chi connectivity index (χ3v) is 3.42. The normalized spacial score (nSPS) is 13.4. The molecule has 2 rings (SSSR count). The number of nitriles is 1. The quantitative estimate of drug-likeness (QED) is 0.851. The summed E-state index contributed by atoms with van der Waals surface area (Å²) >= 11 is 0. The molecule has 0 fully saturated rings. The molecule has 116 valence electrons. The molecule has 0 spiro atoms. The first-order valence-electron chi connectivity index (χ1n) is 6.87. The zero-order valence-corrected chi connectivity index (χ0v) is 12.9. The van der Waals surface area contributed by atoms with Crippen LogP contribution in [0.5, 0.6) is 5.75 Å². The lowest BCUT2D eigenvalue weighted by molar-refractivity contribution is -0.122. The van der Waals surface area contributed by atoms with Crippen LogP contribution in [0.25, 0.3) is 10.9 Å². The molecule has 1 aromatic heterocycles. The van der Waals surface area contributed by atoms with E-state index in [1.165, 1.54) is 7.11 Å². The topological polar surface area (TPSA) is 87.1 Å². The van der Waals surface area contributed by atoms with Crippen molar-refractivity contribution in [1.29, 1.82) is 5.26 Å². The van der Waals surface area contributed by atoms with Gasteiger partial charge in [-0.2, -0.15) is 5.26 Å². The molecule has 0 radical (unpaired) electrons. The van der Waals surface area contributed by atoms with Crippen LogP contribution in [0.4, 0.5) is 0 Å². The molecule has 0 unspecified atom stereocenters. The lowest BCUT2D eigenvalue weighted by Gasteiger charge is -2.22. The Labute approximate surface area is 129 Å². The molecule has 0 saturated carbocycles. The Morgan fingerprint density at radius 1 is 1.45 bits per heavy atom. The molecule has 0 bridgehead atoms. The number of carbonyl (C=O) groups excluding carboxylic acids is 1. The molecule has 2 N–H and O–H groups in total. The number of nitrogens with zero attached hydrogens (tertiary/aromatic N) is 1. The van der Waals surface area contributed by atoms with E-state index in [-0.39, 0.29) is 18.9 Å². The van der Waals surface area contributed by atoms with Gasteiger partial charge in [-0.05, 0) is 24.6 Å². The number of fused-ring (bicyclic) bond motifs is 1. The summed E-state index contributed by atoms with van der Waals surface area (Å²) in [5.74, 6) is 0.467. The fourth-order valence-corrected chi connectivity index (χ4v) is 2.44. The maximum atomic E-state index is 12.2. The Bertz CT molecular complexity index is 717. The van der Waals surface area contributed by atoms with Crippen molar-refractivity contribution in [3.8, 4) is 11.8 Å². The fraction of sp³-hybridized carbons (Fsp3) is 0.375. The summed E-state index contributed by atoms with van der Waals surface area (Å²) in [6, 6.07) is 7.71. The summed E-state index contributed by atoms with van der Waals surface area (Å²) in [5.41, 5.74) is 0.687. The van der Waals surface area contributed by atoms with Crippen molar-refractivity contribution < 1.29 is 14.3 Å². The number of nitrogens with one attached hydrogen (secondary N) is 2. The molecular weight excluding hydrogens is 282 g/mol. The van der Waals surface area contributed by atoms with Crippen LogP contribution in [-0.4, -0.2) is 37.3 Å². The van der Waals surface area contributed by atoms with Crippen LogP contribution >= 0.6 is 0 Å². The standard InChI is InChI=1S/C16H19N3O3/c1-16(9-17,10-21-2)19-14(20)7-11-8-18-12-5-4-6-13(22-3)15(11)12/h4-6,8,18H,7,10H2,1-3H3,(H,19,20)/t16-/m1/s1. The molecule has 0 aliphatic heterocycles. The summed E-state index contributed by atoms with van der Waals surface area (Å²) in [5, 5.41) is 12.8. The molecule has 1 aromatic carbocycles. The maximum Gasteiger partial charge on any atom is 0.225 e. The van der Waals surface area contributed by atoms with Gasteiger partial charge in [0.2, 0.25) is 5.91 Å². The molecule has 6 heteroatoms.